The van der Waals surface area contributed by atoms with Crippen LogP contribution in [0, 0.1) is 9.49 Å². The second-order valence-corrected chi connectivity index (χ2v) is 34.2. The van der Waals surface area contributed by atoms with E-state index in [0.717, 1.165) is 28.4 Å². The van der Waals surface area contributed by atoms with E-state index in [9.17, 15) is 69.6 Å². The highest BCUT2D eigenvalue weighted by Crippen LogP contribution is 2.32. The molecule has 0 spiro atoms. The van der Waals surface area contributed by atoms with E-state index in [2.05, 4.69) is 58.0 Å². The quantitative estimate of drug-likeness (QED) is 0.0337. The van der Waals surface area contributed by atoms with Crippen LogP contribution in [0.1, 0.15) is 177 Å². The smallest absolute Gasteiger partial charge is 0.411 e. The number of sulfonamides is 2. The van der Waals surface area contributed by atoms with Crippen LogP contribution in [0.15, 0.2) is 88.7 Å². The number of nitrogens with one attached hydrogen (secondary N) is 6. The van der Waals surface area contributed by atoms with Crippen molar-refractivity contribution < 1.29 is 98.0 Å². The summed E-state index contributed by atoms with van der Waals surface area (Å²) in [4.78, 5) is 147. The molecular weight excluding hydrogens is 1550 g/mol. The first-order chi connectivity index (χ1) is 49.1. The molecule has 107 heavy (non-hydrogen) atoms. The number of methoxy groups -OCH3 is 2. The van der Waals surface area contributed by atoms with Gasteiger partial charge in [-0.2, -0.15) is 0 Å². The van der Waals surface area contributed by atoms with Crippen LogP contribution in [0.5, 0.6) is 0 Å². The molecule has 5 aliphatic heterocycles. The molecule has 7 amide bonds. The Bertz CT molecular complexity index is 3800. The van der Waals surface area contributed by atoms with Crippen LogP contribution >= 0.6 is 22.6 Å². The first kappa shape index (κ1) is 91.5. The van der Waals surface area contributed by atoms with E-state index in [4.69, 9.17) is 24.7 Å². The standard InChI is InChI=1S/C44H60N6O10S.C17H23IN2O6S.C11H20N2O4.CH4.FH/c1-5-14-33(39(53)41(55)45-26-36(52)48-38(30-18-10-7-11-19-30)43(57)60-44(2,3)4)46-40(54)34-25-31-27-50(34)42(56)37(29-16-8-6-9-17-29)47-35(51)20-13-12-15-28-21-23-32(24-22-28)61(58,59)49-31;1-17(2,3)26-16(22)20-10-12(9-14(20)15(21)25-4)19-27(23,24)13-7-5-11(18)6-8-13;1-11(2,3)17-10(15)13-6-7(12)5-8(13)9(14)16-4;;/h7,10-11,18-19,21-24,29,31,33-34,37-38,49H,5-6,8-9,12-17,20,25-27H2,1-4H3,(H,45,55)(H,46,54)(H,47,51)(H,48,52);5-8,12,14,19H,9-10H2,1-4H3;7-8H,5-6,12H2,1-4H3;1H4;1H/t31-,33?,34?,37?,38+;12-,14+;7-,8+;;/m111../s1. The third-order valence-electron chi connectivity index (χ3n) is 17.5. The second kappa shape index (κ2) is 40.5. The second-order valence-electron chi connectivity index (χ2n) is 29.5. The number of ether oxygens (including phenoxy) is 5. The summed E-state index contributed by atoms with van der Waals surface area (Å²) in [5.41, 5.74) is 4.94. The minimum atomic E-state index is -4.08. The summed E-state index contributed by atoms with van der Waals surface area (Å²) in [7, 11) is -5.36. The van der Waals surface area contributed by atoms with Crippen molar-refractivity contribution >= 4 is 108 Å². The van der Waals surface area contributed by atoms with Crippen LogP contribution in [0.25, 0.3) is 0 Å². The van der Waals surface area contributed by atoms with Crippen molar-refractivity contribution in [1.82, 2.24) is 45.4 Å². The van der Waals surface area contributed by atoms with Crippen molar-refractivity contribution in [2.45, 2.75) is 248 Å². The van der Waals surface area contributed by atoms with Gasteiger partial charge in [0.25, 0.3) is 5.91 Å². The Balaban J connectivity index is 0.000000429. The first-order valence-electron chi connectivity index (χ1n) is 35.2. The Kier molecular flexibility index (Phi) is 34.6. The number of amides is 7. The summed E-state index contributed by atoms with van der Waals surface area (Å²) in [6, 6.07) is 13.2. The number of ketones is 1. The Morgan fingerprint density at radius 2 is 1.23 bits per heavy atom. The average Bonchev–Trinajstić information content (AvgIpc) is 1.67. The number of hydrogen-bond donors (Lipinski definition) is 7. The van der Waals surface area contributed by atoms with Crippen molar-refractivity contribution in [2.75, 3.05) is 40.4 Å². The topological polar surface area (TPSA) is 410 Å². The van der Waals surface area contributed by atoms with Crippen molar-refractivity contribution in [3.63, 3.8) is 0 Å². The summed E-state index contributed by atoms with van der Waals surface area (Å²) in [5.74, 6) is -6.54. The van der Waals surface area contributed by atoms with Gasteiger partial charge in [0.05, 0.1) is 36.6 Å². The van der Waals surface area contributed by atoms with E-state index in [-0.39, 0.29) is 78.6 Å². The number of carbonyl (C=O) groups excluding carboxylic acids is 11. The molecule has 30 nitrogen and oxygen atoms in total. The van der Waals surface area contributed by atoms with Crippen LogP contribution in [0.2, 0.25) is 0 Å². The lowest BCUT2D eigenvalue weighted by Gasteiger charge is -2.35. The predicted octanol–water partition coefficient (Wildman–Crippen LogP) is 6.30. The zero-order valence-corrected chi connectivity index (χ0v) is 66.0. The first-order valence-corrected chi connectivity index (χ1v) is 39.3. The summed E-state index contributed by atoms with van der Waals surface area (Å²) < 4.78 is 84.0. The maximum atomic E-state index is 14.6. The number of esters is 3. The van der Waals surface area contributed by atoms with Gasteiger partial charge in [-0.05, 0) is 196 Å². The Labute approximate surface area is 640 Å². The fourth-order valence-electron chi connectivity index (χ4n) is 12.6. The highest BCUT2D eigenvalue weighted by atomic mass is 127. The van der Waals surface area contributed by atoms with Crippen molar-refractivity contribution in [3.05, 3.63) is 93.6 Å². The van der Waals surface area contributed by atoms with Gasteiger partial charge in [-0.3, -0.25) is 43.3 Å². The third-order valence-corrected chi connectivity index (χ3v) is 21.3. The summed E-state index contributed by atoms with van der Waals surface area (Å²) in [6.45, 7) is 16.7. The Morgan fingerprint density at radius 3 is 1.79 bits per heavy atom. The van der Waals surface area contributed by atoms with Crippen molar-refractivity contribution in [3.8, 4) is 0 Å². The molecule has 3 aromatic rings. The average molecular weight is 1660 g/mol. The van der Waals surface area contributed by atoms with Gasteiger partial charge in [0.2, 0.25) is 49.5 Å². The molecule has 0 radical (unpaired) electrons. The largest absolute Gasteiger partial charge is 0.467 e. The summed E-state index contributed by atoms with van der Waals surface area (Å²) in [5, 5.41) is 10.5. The number of fused-ring (bicyclic) bond motifs is 10. The number of benzene rings is 3. The molecule has 8 N–H and O–H groups in total. The molecule has 4 fully saturated rings. The number of nitrogens with two attached hydrogens (primary N) is 1. The van der Waals surface area contributed by atoms with Gasteiger partial charge in [0.15, 0.2) is 6.04 Å². The van der Waals surface area contributed by atoms with Crippen LogP contribution in [-0.4, -0.2) is 202 Å². The molecule has 3 saturated heterocycles. The summed E-state index contributed by atoms with van der Waals surface area (Å²) >= 11 is 2.08. The Hall–Kier alpha value is -7.93. The normalized spacial score (nSPS) is 21.7. The lowest BCUT2D eigenvalue weighted by Crippen LogP contribution is -2.58. The molecule has 9 rings (SSSR count). The van der Waals surface area contributed by atoms with Crippen LogP contribution < -0.4 is 36.4 Å². The van der Waals surface area contributed by atoms with Gasteiger partial charge in [-0.15, -0.1) is 0 Å². The van der Waals surface area contributed by atoms with Gasteiger partial charge < -0.3 is 55.6 Å². The fraction of sp³-hybridized carbons (Fsp3) is 0.603. The molecule has 3 unspecified atom stereocenters. The van der Waals surface area contributed by atoms with E-state index in [1.165, 1.54) is 53.2 Å². The number of aryl methyl sites for hydroxylation is 1. The number of likely N-dealkylation sites (tertiary alicyclic amines) is 2. The van der Waals surface area contributed by atoms with Gasteiger partial charge in [0, 0.05) is 47.8 Å². The number of halogens is 2. The fourth-order valence-corrected chi connectivity index (χ4v) is 15.4. The predicted molar refractivity (Wildman–Crippen MR) is 402 cm³/mol. The number of hydrogen-bond acceptors (Lipinski definition) is 21. The molecule has 34 heteroatoms. The maximum Gasteiger partial charge on any atom is 0.411 e. The van der Waals surface area contributed by atoms with E-state index < -0.39 is 151 Å². The molecule has 5 heterocycles. The molecular formula is C73H108FIN10O20S2. The van der Waals surface area contributed by atoms with E-state index in [1.54, 1.807) is 124 Å². The molecule has 1 saturated carbocycles. The molecule has 0 aromatic heterocycles. The molecule has 4 bridgehead atoms. The Morgan fingerprint density at radius 1 is 0.682 bits per heavy atom. The van der Waals surface area contributed by atoms with Gasteiger partial charge in [-0.25, -0.2) is 50.3 Å². The monoisotopic (exact) mass is 1650 g/mol. The summed E-state index contributed by atoms with van der Waals surface area (Å²) in [6.07, 6.45) is 5.77. The molecule has 6 aliphatic rings. The van der Waals surface area contributed by atoms with Gasteiger partial charge in [0.1, 0.15) is 41.0 Å². The highest BCUT2D eigenvalue weighted by molar-refractivity contribution is 14.1. The molecule has 596 valence electrons. The van der Waals surface area contributed by atoms with Crippen molar-refractivity contribution in [1.29, 1.82) is 0 Å². The highest BCUT2D eigenvalue weighted by Gasteiger charge is 2.48. The van der Waals surface area contributed by atoms with Crippen LogP contribution in [0.3, 0.4) is 0 Å². The third kappa shape index (κ3) is 27.9. The van der Waals surface area contributed by atoms with E-state index >= 15 is 0 Å². The molecule has 1 aliphatic carbocycles. The number of rotatable bonds is 17. The number of Topliss-reactive ketones (excluding diaryl/α,β-unsaturated/α-hetero) is 1. The minimum absolute atomic E-state index is 0. The lowest BCUT2D eigenvalue weighted by atomic mass is 9.83. The zero-order chi connectivity index (χ0) is 77.9. The van der Waals surface area contributed by atoms with Gasteiger partial charge in [-0.1, -0.05) is 82.5 Å². The van der Waals surface area contributed by atoms with Gasteiger partial charge >= 0.3 is 30.1 Å². The molecule has 3 aromatic carbocycles. The minimum Gasteiger partial charge on any atom is -0.467 e. The molecule has 9 atom stereocenters. The zero-order valence-electron chi connectivity index (χ0n) is 62.2. The van der Waals surface area contributed by atoms with Crippen LogP contribution in [0.4, 0.5) is 14.3 Å². The van der Waals surface area contributed by atoms with E-state index in [1.807, 2.05) is 0 Å². The maximum absolute atomic E-state index is 14.6. The number of nitrogens with zero attached hydrogens (tertiary/aromatic N) is 3. The van der Waals surface area contributed by atoms with E-state index in [0.29, 0.717) is 57.1 Å². The lowest BCUT2D eigenvalue weighted by molar-refractivity contribution is -0.159. The van der Waals surface area contributed by atoms with Crippen molar-refractivity contribution in [2.24, 2.45) is 11.7 Å². The number of carbonyl (C=O) groups is 11. The SMILES string of the molecule is C.CCCC(NC(=O)C1C[C@@H]2CN1C(=O)C(C1CCCCC1)NC(=O)CCCCc1ccc(cc1)S(=O)(=O)N2)C(=O)C(=O)NCC(=O)N[C@H](C(=O)OC(C)(C)C)c1ccccc1.COC(=O)[C@@H]1C[C@@H](N)CN1C(=O)OC(C)(C)C.COC(=O)[C@@H]1C[C@@H](NS(=O)(=O)c2ccc(I)cc2)CN1C(=O)OC(C)(C)C.F. The van der Waals surface area contributed by atoms with Crippen LogP contribution in [-0.2, 0) is 93.3 Å².